The maximum atomic E-state index is 10.8. The molecule has 4 heteroatoms. The van der Waals surface area contributed by atoms with Gasteiger partial charge in [0.15, 0.2) is 0 Å². The molecular formula is C7H14N2O2. The van der Waals surface area contributed by atoms with Gasteiger partial charge in [-0.15, -0.1) is 0 Å². The van der Waals surface area contributed by atoms with Crippen LogP contribution in [-0.4, -0.2) is 37.4 Å². The zero-order chi connectivity index (χ0) is 8.85. The van der Waals surface area contributed by atoms with Crippen LogP contribution in [-0.2, 0) is 9.53 Å². The molecule has 64 valence electrons. The second-order valence-electron chi connectivity index (χ2n) is 2.32. The van der Waals surface area contributed by atoms with Crippen LogP contribution in [0.3, 0.4) is 0 Å². The molecule has 0 bridgehead atoms. The molecule has 0 saturated heterocycles. The topological polar surface area (TPSA) is 53.4 Å². The largest absolute Gasteiger partial charge is 0.466 e. The fourth-order valence-corrected chi connectivity index (χ4v) is 0.507. The van der Waals surface area contributed by atoms with Gasteiger partial charge in [0.2, 0.25) is 0 Å². The molecule has 0 spiro atoms. The standard InChI is InChI=1S/C7H14N2O2/c1-4-11-7(10)5-6(8)9(2)3/h8H,4-5H2,1-3H3. The van der Waals surface area contributed by atoms with Crippen LogP contribution in [0.15, 0.2) is 0 Å². The molecule has 0 aliphatic heterocycles. The summed E-state index contributed by atoms with van der Waals surface area (Å²) in [5, 5.41) is 7.28. The molecule has 0 heterocycles. The summed E-state index contributed by atoms with van der Waals surface area (Å²) in [6, 6.07) is 0. The lowest BCUT2D eigenvalue weighted by Gasteiger charge is -2.12. The average Bonchev–Trinajstić information content (AvgIpc) is 1.87. The minimum atomic E-state index is -0.341. The Kier molecular flexibility index (Phi) is 4.26. The minimum Gasteiger partial charge on any atom is -0.466 e. The quantitative estimate of drug-likeness (QED) is 0.369. The molecule has 0 aliphatic rings. The van der Waals surface area contributed by atoms with Crippen LogP contribution < -0.4 is 0 Å². The summed E-state index contributed by atoms with van der Waals surface area (Å²) in [6.45, 7) is 2.12. The van der Waals surface area contributed by atoms with Gasteiger partial charge in [0, 0.05) is 14.1 Å². The number of carbonyl (C=O) groups is 1. The number of nitrogens with one attached hydrogen (secondary N) is 1. The number of ether oxygens (including phenoxy) is 1. The molecule has 1 N–H and O–H groups in total. The summed E-state index contributed by atoms with van der Waals surface area (Å²) in [6.07, 6.45) is 0.0564. The first-order valence-electron chi connectivity index (χ1n) is 3.48. The van der Waals surface area contributed by atoms with Gasteiger partial charge >= 0.3 is 5.97 Å². The second-order valence-corrected chi connectivity index (χ2v) is 2.32. The van der Waals surface area contributed by atoms with Gasteiger partial charge in [-0.05, 0) is 6.92 Å². The van der Waals surface area contributed by atoms with Crippen LogP contribution in [0.4, 0.5) is 0 Å². The highest BCUT2D eigenvalue weighted by Gasteiger charge is 2.07. The van der Waals surface area contributed by atoms with Gasteiger partial charge in [-0.2, -0.15) is 0 Å². The molecule has 0 amide bonds. The van der Waals surface area contributed by atoms with Gasteiger partial charge in [-0.1, -0.05) is 0 Å². The maximum absolute atomic E-state index is 10.8. The zero-order valence-corrected chi connectivity index (χ0v) is 7.18. The molecule has 4 nitrogen and oxygen atoms in total. The molecule has 0 atom stereocenters. The van der Waals surface area contributed by atoms with E-state index >= 15 is 0 Å². The van der Waals surface area contributed by atoms with E-state index in [0.29, 0.717) is 6.61 Å². The Balaban J connectivity index is 3.67. The molecule has 0 rings (SSSR count). The van der Waals surface area contributed by atoms with Crippen molar-refractivity contribution in [2.24, 2.45) is 0 Å². The van der Waals surface area contributed by atoms with Crippen molar-refractivity contribution in [2.45, 2.75) is 13.3 Å². The third kappa shape index (κ3) is 4.36. The number of hydrogen-bond acceptors (Lipinski definition) is 3. The van der Waals surface area contributed by atoms with Crippen LogP contribution >= 0.6 is 0 Å². The first kappa shape index (κ1) is 9.94. The monoisotopic (exact) mass is 158 g/mol. The van der Waals surface area contributed by atoms with Gasteiger partial charge in [0.25, 0.3) is 0 Å². The predicted octanol–water partition coefficient (Wildman–Crippen LogP) is 0.478. The van der Waals surface area contributed by atoms with Crippen molar-refractivity contribution < 1.29 is 9.53 Å². The Morgan fingerprint density at radius 1 is 1.55 bits per heavy atom. The van der Waals surface area contributed by atoms with Crippen LogP contribution in [0.1, 0.15) is 13.3 Å². The second kappa shape index (κ2) is 4.71. The van der Waals surface area contributed by atoms with Crippen LogP contribution in [0.5, 0.6) is 0 Å². The van der Waals surface area contributed by atoms with Crippen LogP contribution in [0.25, 0.3) is 0 Å². The van der Waals surface area contributed by atoms with Crippen LogP contribution in [0.2, 0.25) is 0 Å². The highest BCUT2D eigenvalue weighted by atomic mass is 16.5. The maximum Gasteiger partial charge on any atom is 0.313 e. The summed E-state index contributed by atoms with van der Waals surface area (Å²) in [4.78, 5) is 12.3. The smallest absolute Gasteiger partial charge is 0.313 e. The third-order valence-corrected chi connectivity index (χ3v) is 1.16. The summed E-state index contributed by atoms with van der Waals surface area (Å²) < 4.78 is 4.66. The normalized spacial score (nSPS) is 9.00. The van der Waals surface area contributed by atoms with Crippen molar-refractivity contribution in [3.63, 3.8) is 0 Å². The van der Waals surface area contributed by atoms with Crippen LogP contribution in [0, 0.1) is 5.41 Å². The van der Waals surface area contributed by atoms with Gasteiger partial charge in [-0.25, -0.2) is 0 Å². The first-order chi connectivity index (χ1) is 5.07. The minimum absolute atomic E-state index is 0.0564. The number of esters is 1. The summed E-state index contributed by atoms with van der Waals surface area (Å²) in [5.41, 5.74) is 0. The molecule has 0 radical (unpaired) electrons. The van der Waals surface area contributed by atoms with E-state index in [2.05, 4.69) is 4.74 Å². The number of carbonyl (C=O) groups excluding carboxylic acids is 1. The number of rotatable bonds is 3. The fraction of sp³-hybridized carbons (Fsp3) is 0.714. The van der Waals surface area contributed by atoms with Gasteiger partial charge in [0.1, 0.15) is 12.3 Å². The van der Waals surface area contributed by atoms with E-state index in [1.807, 2.05) is 0 Å². The van der Waals surface area contributed by atoms with Crippen molar-refractivity contribution >= 4 is 11.8 Å². The van der Waals surface area contributed by atoms with Crippen molar-refractivity contribution in [3.05, 3.63) is 0 Å². The Bertz CT molecular complexity index is 155. The molecule has 0 aromatic carbocycles. The molecule has 0 unspecified atom stereocenters. The SMILES string of the molecule is CCOC(=O)CC(=N)N(C)C. The molecule has 0 aliphatic carbocycles. The molecular weight excluding hydrogens is 144 g/mol. The molecule has 0 aromatic heterocycles. The molecule has 11 heavy (non-hydrogen) atoms. The number of nitrogens with zero attached hydrogens (tertiary/aromatic N) is 1. The van der Waals surface area contributed by atoms with E-state index in [1.165, 1.54) is 0 Å². The third-order valence-electron chi connectivity index (χ3n) is 1.16. The summed E-state index contributed by atoms with van der Waals surface area (Å²) in [5.74, 6) is -0.0744. The van der Waals surface area contributed by atoms with Crippen molar-refractivity contribution in [3.8, 4) is 0 Å². The lowest BCUT2D eigenvalue weighted by molar-refractivity contribution is -0.141. The van der Waals surface area contributed by atoms with E-state index < -0.39 is 0 Å². The van der Waals surface area contributed by atoms with E-state index in [9.17, 15) is 4.79 Å². The summed E-state index contributed by atoms with van der Waals surface area (Å²) in [7, 11) is 3.45. The highest BCUT2D eigenvalue weighted by molar-refractivity contribution is 5.95. The Labute approximate surface area is 66.6 Å². The number of hydrogen-bond donors (Lipinski definition) is 1. The van der Waals surface area contributed by atoms with Crippen molar-refractivity contribution in [2.75, 3.05) is 20.7 Å². The van der Waals surface area contributed by atoms with E-state index in [1.54, 1.807) is 25.9 Å². The van der Waals surface area contributed by atoms with E-state index in [-0.39, 0.29) is 18.2 Å². The Hall–Kier alpha value is -1.06. The van der Waals surface area contributed by atoms with Gasteiger partial charge in [-0.3, -0.25) is 10.2 Å². The van der Waals surface area contributed by atoms with Crippen molar-refractivity contribution in [1.82, 2.24) is 4.90 Å². The van der Waals surface area contributed by atoms with E-state index in [0.717, 1.165) is 0 Å². The molecule has 0 fully saturated rings. The Morgan fingerprint density at radius 2 is 2.09 bits per heavy atom. The number of amidine groups is 1. The summed E-state index contributed by atoms with van der Waals surface area (Å²) >= 11 is 0. The highest BCUT2D eigenvalue weighted by Crippen LogP contribution is 1.90. The van der Waals surface area contributed by atoms with Crippen molar-refractivity contribution in [1.29, 1.82) is 5.41 Å². The fourth-order valence-electron chi connectivity index (χ4n) is 0.507. The Morgan fingerprint density at radius 3 is 2.45 bits per heavy atom. The predicted molar refractivity (Wildman–Crippen MR) is 42.7 cm³/mol. The van der Waals surface area contributed by atoms with Gasteiger partial charge < -0.3 is 9.64 Å². The first-order valence-corrected chi connectivity index (χ1v) is 3.48. The molecule has 0 saturated carbocycles. The van der Waals surface area contributed by atoms with E-state index in [4.69, 9.17) is 5.41 Å². The average molecular weight is 158 g/mol. The van der Waals surface area contributed by atoms with Gasteiger partial charge in [0.05, 0.1) is 6.61 Å². The molecule has 0 aromatic rings. The zero-order valence-electron chi connectivity index (χ0n) is 7.18. The lowest BCUT2D eigenvalue weighted by Crippen LogP contribution is -2.24. The lowest BCUT2D eigenvalue weighted by atomic mass is 10.4.